The number of nitrogens with one attached hydrogen (secondary N) is 1. The molecule has 0 radical (unpaired) electrons. The van der Waals surface area contributed by atoms with Crippen LogP contribution in [0.25, 0.3) is 0 Å². The van der Waals surface area contributed by atoms with Gasteiger partial charge in [0.15, 0.2) is 0 Å². The first-order valence-corrected chi connectivity index (χ1v) is 8.39. The van der Waals surface area contributed by atoms with Crippen LogP contribution < -0.4 is 10.1 Å². The molecule has 0 aliphatic carbocycles. The van der Waals surface area contributed by atoms with Crippen molar-refractivity contribution in [3.63, 3.8) is 0 Å². The fourth-order valence-corrected chi connectivity index (χ4v) is 2.82. The topological polar surface area (TPSA) is 21.3 Å². The summed E-state index contributed by atoms with van der Waals surface area (Å²) in [7, 11) is 1.70. The molecule has 1 atom stereocenters. The third kappa shape index (κ3) is 6.39. The molecule has 0 bridgehead atoms. The quantitative estimate of drug-likeness (QED) is 0.797. The van der Waals surface area contributed by atoms with Gasteiger partial charge in [-0.2, -0.15) is 0 Å². The van der Waals surface area contributed by atoms with E-state index in [1.165, 1.54) is 5.56 Å². The molecule has 0 saturated heterocycles. The maximum absolute atomic E-state index is 5.31. The monoisotopic (exact) mass is 355 g/mol. The van der Waals surface area contributed by atoms with Crippen LogP contribution in [0.1, 0.15) is 47.1 Å². The summed E-state index contributed by atoms with van der Waals surface area (Å²) in [4.78, 5) is 0. The van der Waals surface area contributed by atoms with E-state index in [9.17, 15) is 0 Å². The van der Waals surface area contributed by atoms with E-state index in [-0.39, 0.29) is 11.0 Å². The average molecular weight is 356 g/mol. The zero-order valence-electron chi connectivity index (χ0n) is 14.5. The molecule has 1 aromatic carbocycles. The van der Waals surface area contributed by atoms with Crippen molar-refractivity contribution in [2.45, 2.75) is 53.5 Å². The second-order valence-corrected chi connectivity index (χ2v) is 8.72. The van der Waals surface area contributed by atoms with Crippen molar-refractivity contribution >= 4 is 15.9 Å². The smallest absolute Gasteiger partial charge is 0.133 e. The minimum absolute atomic E-state index is 0.157. The highest BCUT2D eigenvalue weighted by atomic mass is 79.9. The highest BCUT2D eigenvalue weighted by Crippen LogP contribution is 2.32. The van der Waals surface area contributed by atoms with Gasteiger partial charge in [-0.25, -0.2) is 0 Å². The minimum Gasteiger partial charge on any atom is -0.496 e. The molecule has 1 rings (SSSR count). The molecule has 0 spiro atoms. The number of hydrogen-bond acceptors (Lipinski definition) is 2. The Labute approximate surface area is 138 Å². The van der Waals surface area contributed by atoms with E-state index >= 15 is 0 Å². The van der Waals surface area contributed by atoms with Crippen molar-refractivity contribution in [1.82, 2.24) is 5.32 Å². The Morgan fingerprint density at radius 2 is 1.76 bits per heavy atom. The lowest BCUT2D eigenvalue weighted by molar-refractivity contribution is 0.214. The number of halogens is 1. The molecule has 120 valence electrons. The number of methoxy groups -OCH3 is 1. The molecule has 21 heavy (non-hydrogen) atoms. The van der Waals surface area contributed by atoms with Crippen molar-refractivity contribution in [3.05, 3.63) is 28.2 Å². The molecule has 0 aliphatic heterocycles. The lowest BCUT2D eigenvalue weighted by atomic mass is 9.77. The Morgan fingerprint density at radius 3 is 2.19 bits per heavy atom. The molecule has 0 aliphatic rings. The summed E-state index contributed by atoms with van der Waals surface area (Å²) in [5.74, 6) is 1.47. The Hall–Kier alpha value is -0.540. The molecular weight excluding hydrogens is 326 g/mol. The van der Waals surface area contributed by atoms with Gasteiger partial charge < -0.3 is 10.1 Å². The zero-order chi connectivity index (χ0) is 16.3. The number of ether oxygens (including phenoxy) is 1. The summed E-state index contributed by atoms with van der Waals surface area (Å²) in [5.41, 5.74) is 1.77. The fraction of sp³-hybridized carbons (Fsp3) is 0.667. The van der Waals surface area contributed by atoms with Crippen molar-refractivity contribution in [2.24, 2.45) is 11.3 Å². The lowest BCUT2D eigenvalue weighted by Crippen LogP contribution is -2.42. The van der Waals surface area contributed by atoms with Gasteiger partial charge in [0.25, 0.3) is 0 Å². The predicted octanol–water partition coefficient (Wildman–Crippen LogP) is 5.05. The van der Waals surface area contributed by atoms with Gasteiger partial charge in [0, 0.05) is 5.54 Å². The van der Waals surface area contributed by atoms with Crippen LogP contribution in [-0.4, -0.2) is 19.2 Å². The van der Waals surface area contributed by atoms with E-state index in [1.54, 1.807) is 7.11 Å². The Balaban J connectivity index is 2.84. The third-order valence-electron chi connectivity index (χ3n) is 3.80. The van der Waals surface area contributed by atoms with Crippen LogP contribution in [0.2, 0.25) is 0 Å². The van der Waals surface area contributed by atoms with Crippen molar-refractivity contribution in [1.29, 1.82) is 0 Å². The Morgan fingerprint density at radius 1 is 1.14 bits per heavy atom. The molecule has 0 amide bonds. The maximum Gasteiger partial charge on any atom is 0.133 e. The number of rotatable bonds is 5. The van der Waals surface area contributed by atoms with E-state index in [2.05, 4.69) is 74.9 Å². The largest absolute Gasteiger partial charge is 0.496 e. The molecule has 0 aromatic heterocycles. The predicted molar refractivity (Wildman–Crippen MR) is 95.1 cm³/mol. The summed E-state index contributed by atoms with van der Waals surface area (Å²) < 4.78 is 6.33. The summed E-state index contributed by atoms with van der Waals surface area (Å²) in [6.07, 6.45) is 1.06. The molecule has 0 heterocycles. The molecular formula is C18H30BrNO. The Kier molecular flexibility index (Phi) is 6.30. The first kappa shape index (κ1) is 18.5. The molecule has 1 unspecified atom stereocenters. The lowest BCUT2D eigenvalue weighted by Gasteiger charge is -2.34. The van der Waals surface area contributed by atoms with Gasteiger partial charge >= 0.3 is 0 Å². The fourth-order valence-electron chi connectivity index (χ4n) is 2.24. The maximum atomic E-state index is 5.31. The first-order valence-electron chi connectivity index (χ1n) is 7.60. The van der Waals surface area contributed by atoms with Crippen LogP contribution in [0.4, 0.5) is 0 Å². The van der Waals surface area contributed by atoms with E-state index in [1.807, 2.05) is 6.07 Å². The third-order valence-corrected chi connectivity index (χ3v) is 4.42. The molecule has 3 heteroatoms. The van der Waals surface area contributed by atoms with Crippen LogP contribution in [0, 0.1) is 11.3 Å². The normalized spacial score (nSPS) is 14.1. The SMILES string of the molecule is COc1ccc(CC(CNC(C)(C)C)C(C)(C)C)cc1Br. The molecule has 0 saturated carbocycles. The minimum atomic E-state index is 0.157. The van der Waals surface area contributed by atoms with Gasteiger partial charge in [0.1, 0.15) is 5.75 Å². The van der Waals surface area contributed by atoms with E-state index in [0.717, 1.165) is 23.2 Å². The van der Waals surface area contributed by atoms with E-state index in [0.29, 0.717) is 5.92 Å². The van der Waals surface area contributed by atoms with Crippen LogP contribution in [0.3, 0.4) is 0 Å². The number of benzene rings is 1. The summed E-state index contributed by atoms with van der Waals surface area (Å²) in [6.45, 7) is 14.6. The summed E-state index contributed by atoms with van der Waals surface area (Å²) >= 11 is 3.58. The molecule has 1 aromatic rings. The highest BCUT2D eigenvalue weighted by molar-refractivity contribution is 9.10. The van der Waals surface area contributed by atoms with Crippen LogP contribution in [0.5, 0.6) is 5.75 Å². The second-order valence-electron chi connectivity index (χ2n) is 7.87. The van der Waals surface area contributed by atoms with Crippen molar-refractivity contribution < 1.29 is 4.74 Å². The van der Waals surface area contributed by atoms with Crippen molar-refractivity contribution in [2.75, 3.05) is 13.7 Å². The van der Waals surface area contributed by atoms with Gasteiger partial charge in [-0.15, -0.1) is 0 Å². The van der Waals surface area contributed by atoms with E-state index in [4.69, 9.17) is 4.74 Å². The molecule has 2 nitrogen and oxygen atoms in total. The highest BCUT2D eigenvalue weighted by Gasteiger charge is 2.26. The second kappa shape index (κ2) is 7.15. The van der Waals surface area contributed by atoms with Crippen LogP contribution in [-0.2, 0) is 6.42 Å². The van der Waals surface area contributed by atoms with Gasteiger partial charge in [0.05, 0.1) is 11.6 Å². The van der Waals surface area contributed by atoms with Crippen LogP contribution >= 0.6 is 15.9 Å². The average Bonchev–Trinajstić information content (AvgIpc) is 2.32. The van der Waals surface area contributed by atoms with Gasteiger partial charge in [-0.05, 0) is 78.7 Å². The van der Waals surface area contributed by atoms with Gasteiger partial charge in [0.2, 0.25) is 0 Å². The van der Waals surface area contributed by atoms with Gasteiger partial charge in [-0.3, -0.25) is 0 Å². The standard InChI is InChI=1S/C18H30BrNO/c1-17(2,3)14(12-20-18(4,5)6)10-13-8-9-16(21-7)15(19)11-13/h8-9,11,14,20H,10,12H2,1-7H3. The van der Waals surface area contributed by atoms with E-state index < -0.39 is 0 Å². The summed E-state index contributed by atoms with van der Waals surface area (Å²) in [6, 6.07) is 6.38. The zero-order valence-corrected chi connectivity index (χ0v) is 16.1. The molecule has 1 N–H and O–H groups in total. The Bertz CT molecular complexity index is 457. The first-order chi connectivity index (χ1) is 9.53. The summed E-state index contributed by atoms with van der Waals surface area (Å²) in [5, 5.41) is 3.65. The molecule has 0 fully saturated rings. The van der Waals surface area contributed by atoms with Crippen LogP contribution in [0.15, 0.2) is 22.7 Å². The number of hydrogen-bond donors (Lipinski definition) is 1. The van der Waals surface area contributed by atoms with Crippen molar-refractivity contribution in [3.8, 4) is 5.75 Å². The van der Waals surface area contributed by atoms with Gasteiger partial charge in [-0.1, -0.05) is 26.8 Å².